The molecule has 166 valence electrons. The molecule has 0 aromatic heterocycles. The van der Waals surface area contributed by atoms with Crippen LogP contribution in [0.5, 0.6) is 0 Å². The predicted molar refractivity (Wildman–Crippen MR) is 128 cm³/mol. The Kier molecular flexibility index (Phi) is 6.31. The first-order valence-corrected chi connectivity index (χ1v) is 10.6. The zero-order valence-corrected chi connectivity index (χ0v) is 18.3. The van der Waals surface area contributed by atoms with Crippen molar-refractivity contribution in [2.45, 2.75) is 20.0 Å². The highest BCUT2D eigenvalue weighted by atomic mass is 19.4. The van der Waals surface area contributed by atoms with Gasteiger partial charge >= 0.3 is 6.18 Å². The average molecular weight is 445 g/mol. The first kappa shape index (κ1) is 22.3. The van der Waals surface area contributed by atoms with Gasteiger partial charge in [0, 0.05) is 11.1 Å². The minimum atomic E-state index is -4.40. The molecule has 5 heteroatoms. The molecule has 0 N–H and O–H groups in total. The Labute approximate surface area is 191 Å². The number of benzene rings is 4. The lowest BCUT2D eigenvalue weighted by Gasteiger charge is -2.23. The molecule has 0 unspecified atom stereocenters. The van der Waals surface area contributed by atoms with Crippen LogP contribution in [0.1, 0.15) is 27.8 Å². The molecule has 0 bridgehead atoms. The molecule has 2 nitrogen and oxygen atoms in total. The molecule has 0 aliphatic rings. The van der Waals surface area contributed by atoms with Gasteiger partial charge in [0.1, 0.15) is 0 Å². The van der Waals surface area contributed by atoms with Crippen molar-refractivity contribution in [1.29, 1.82) is 0 Å². The van der Waals surface area contributed by atoms with Crippen LogP contribution >= 0.6 is 0 Å². The van der Waals surface area contributed by atoms with Gasteiger partial charge in [-0.1, -0.05) is 66.7 Å². The number of hydrazone groups is 1. The minimum absolute atomic E-state index is 0.539. The molecular weight excluding hydrogens is 421 g/mol. The largest absolute Gasteiger partial charge is 0.416 e. The quantitative estimate of drug-likeness (QED) is 0.226. The van der Waals surface area contributed by atoms with Crippen molar-refractivity contribution in [1.82, 2.24) is 0 Å². The van der Waals surface area contributed by atoms with Crippen LogP contribution in [0.2, 0.25) is 0 Å². The lowest BCUT2D eigenvalue weighted by Crippen LogP contribution is -2.16. The van der Waals surface area contributed by atoms with E-state index in [-0.39, 0.29) is 0 Å². The van der Waals surface area contributed by atoms with Crippen molar-refractivity contribution in [3.8, 4) is 0 Å². The van der Waals surface area contributed by atoms with E-state index in [4.69, 9.17) is 5.10 Å². The van der Waals surface area contributed by atoms with Crippen molar-refractivity contribution in [3.05, 3.63) is 131 Å². The summed E-state index contributed by atoms with van der Waals surface area (Å²) < 4.78 is 39.5. The minimum Gasteiger partial charge on any atom is -0.233 e. The van der Waals surface area contributed by atoms with Crippen molar-refractivity contribution in [3.63, 3.8) is 0 Å². The van der Waals surface area contributed by atoms with Crippen LogP contribution in [0.15, 0.2) is 108 Å². The highest BCUT2D eigenvalue weighted by molar-refractivity contribution is 6.13. The van der Waals surface area contributed by atoms with Crippen molar-refractivity contribution in [2.24, 2.45) is 5.10 Å². The number of hydrogen-bond acceptors (Lipinski definition) is 2. The second kappa shape index (κ2) is 9.33. The molecule has 0 fully saturated rings. The lowest BCUT2D eigenvalue weighted by molar-refractivity contribution is -0.137. The number of aryl methyl sites for hydroxylation is 2. The summed E-state index contributed by atoms with van der Waals surface area (Å²) in [6.45, 7) is 3.97. The van der Waals surface area contributed by atoms with Gasteiger partial charge in [0.2, 0.25) is 0 Å². The maximum Gasteiger partial charge on any atom is 0.416 e. The van der Waals surface area contributed by atoms with Gasteiger partial charge < -0.3 is 0 Å². The Hall–Kier alpha value is -3.86. The fourth-order valence-corrected chi connectivity index (χ4v) is 3.70. The first-order chi connectivity index (χ1) is 15.8. The topological polar surface area (TPSA) is 15.6 Å². The SMILES string of the molecule is Cc1cc(C)cc(N(N=C(c2ccccc2)c2ccccc2)c2ccc(C(F)(F)F)cc2)c1. The number of alkyl halides is 3. The van der Waals surface area contributed by atoms with Crippen LogP contribution in [0.3, 0.4) is 0 Å². The maximum absolute atomic E-state index is 13.2. The molecule has 0 heterocycles. The number of halogens is 3. The molecule has 4 rings (SSSR count). The van der Waals surface area contributed by atoms with E-state index in [9.17, 15) is 13.2 Å². The van der Waals surface area contributed by atoms with Gasteiger partial charge in [0.05, 0.1) is 22.6 Å². The monoisotopic (exact) mass is 444 g/mol. The summed E-state index contributed by atoms with van der Waals surface area (Å²) >= 11 is 0. The van der Waals surface area contributed by atoms with E-state index in [2.05, 4.69) is 0 Å². The normalized spacial score (nSPS) is 11.2. The molecular formula is C28H23F3N2. The number of rotatable bonds is 5. The smallest absolute Gasteiger partial charge is 0.233 e. The Balaban J connectivity index is 1.92. The molecule has 0 amide bonds. The summed E-state index contributed by atoms with van der Waals surface area (Å²) in [5.41, 5.74) is 5.23. The van der Waals surface area contributed by atoms with Gasteiger partial charge in [0.15, 0.2) is 0 Å². The highest BCUT2D eigenvalue weighted by Crippen LogP contribution is 2.33. The third-order valence-electron chi connectivity index (χ3n) is 5.18. The molecule has 0 radical (unpaired) electrons. The maximum atomic E-state index is 13.2. The summed E-state index contributed by atoms with van der Waals surface area (Å²) in [4.78, 5) is 0. The summed E-state index contributed by atoms with van der Waals surface area (Å²) in [5, 5.41) is 6.70. The third-order valence-corrected chi connectivity index (χ3v) is 5.18. The van der Waals surface area contributed by atoms with Crippen LogP contribution in [-0.4, -0.2) is 5.71 Å². The van der Waals surface area contributed by atoms with E-state index >= 15 is 0 Å². The van der Waals surface area contributed by atoms with E-state index < -0.39 is 11.7 Å². The predicted octanol–water partition coefficient (Wildman–Crippen LogP) is 7.91. The Morgan fingerprint density at radius 1 is 0.636 bits per heavy atom. The molecule has 0 aliphatic carbocycles. The van der Waals surface area contributed by atoms with Crippen LogP contribution in [-0.2, 0) is 6.18 Å². The third kappa shape index (κ3) is 5.32. The van der Waals surface area contributed by atoms with Gasteiger partial charge in [-0.3, -0.25) is 0 Å². The fraction of sp³-hybridized carbons (Fsp3) is 0.107. The van der Waals surface area contributed by atoms with Crippen molar-refractivity contribution >= 4 is 17.1 Å². The molecule has 0 saturated heterocycles. The molecule has 0 saturated carbocycles. The second-order valence-electron chi connectivity index (χ2n) is 7.88. The number of nitrogens with zero attached hydrogens (tertiary/aromatic N) is 2. The van der Waals surface area contributed by atoms with E-state index in [1.807, 2.05) is 92.7 Å². The van der Waals surface area contributed by atoms with Crippen LogP contribution in [0, 0.1) is 13.8 Å². The zero-order valence-electron chi connectivity index (χ0n) is 18.3. The van der Waals surface area contributed by atoms with E-state index in [1.54, 1.807) is 5.01 Å². The molecule has 0 aliphatic heterocycles. The molecule has 33 heavy (non-hydrogen) atoms. The first-order valence-electron chi connectivity index (χ1n) is 10.6. The summed E-state index contributed by atoms with van der Waals surface area (Å²) in [5.74, 6) is 0. The van der Waals surface area contributed by atoms with E-state index in [0.717, 1.165) is 45.8 Å². The summed E-state index contributed by atoms with van der Waals surface area (Å²) in [7, 11) is 0. The molecule has 0 atom stereocenters. The Bertz CT molecular complexity index is 1180. The van der Waals surface area contributed by atoms with E-state index in [1.165, 1.54) is 12.1 Å². The van der Waals surface area contributed by atoms with Crippen LogP contribution in [0.4, 0.5) is 24.5 Å². The fourth-order valence-electron chi connectivity index (χ4n) is 3.70. The Morgan fingerprint density at radius 2 is 1.12 bits per heavy atom. The lowest BCUT2D eigenvalue weighted by atomic mass is 10.0. The van der Waals surface area contributed by atoms with Gasteiger partial charge in [-0.25, -0.2) is 5.01 Å². The summed E-state index contributed by atoms with van der Waals surface area (Å²) in [6.07, 6.45) is -4.40. The highest BCUT2D eigenvalue weighted by Gasteiger charge is 2.30. The molecule has 4 aromatic rings. The van der Waals surface area contributed by atoms with Crippen LogP contribution < -0.4 is 5.01 Å². The molecule has 0 spiro atoms. The van der Waals surface area contributed by atoms with Gasteiger partial charge in [-0.05, 0) is 61.4 Å². The van der Waals surface area contributed by atoms with Gasteiger partial charge in [-0.15, -0.1) is 0 Å². The zero-order chi connectivity index (χ0) is 23.4. The van der Waals surface area contributed by atoms with Crippen molar-refractivity contribution < 1.29 is 13.2 Å². The Morgan fingerprint density at radius 3 is 1.58 bits per heavy atom. The van der Waals surface area contributed by atoms with E-state index in [0.29, 0.717) is 5.69 Å². The second-order valence-corrected chi connectivity index (χ2v) is 7.88. The molecule has 4 aromatic carbocycles. The van der Waals surface area contributed by atoms with Gasteiger partial charge in [-0.2, -0.15) is 18.3 Å². The average Bonchev–Trinajstić information content (AvgIpc) is 2.80. The van der Waals surface area contributed by atoms with Crippen LogP contribution in [0.25, 0.3) is 0 Å². The number of hydrogen-bond donors (Lipinski definition) is 0. The number of anilines is 2. The standard InChI is InChI=1S/C28H23F3N2/c1-20-17-21(2)19-26(18-20)33(25-15-13-24(14-16-25)28(29,30)31)32-27(22-9-5-3-6-10-22)23-11-7-4-8-12-23/h3-19H,1-2H3. The van der Waals surface area contributed by atoms with Crippen molar-refractivity contribution in [2.75, 3.05) is 5.01 Å². The van der Waals surface area contributed by atoms with Gasteiger partial charge in [0.25, 0.3) is 0 Å². The summed E-state index contributed by atoms with van der Waals surface area (Å²) in [6, 6.07) is 30.6.